The average molecular weight is 377 g/mol. The highest BCUT2D eigenvalue weighted by molar-refractivity contribution is 5.90. The molecule has 0 fully saturated rings. The van der Waals surface area contributed by atoms with E-state index in [-0.39, 0.29) is 11.9 Å². The fraction of sp³-hybridized carbons (Fsp3) is 0.200. The summed E-state index contributed by atoms with van der Waals surface area (Å²) in [5.74, 6) is 1.25. The first-order chi connectivity index (χ1) is 13.5. The Bertz CT molecular complexity index is 1140. The lowest BCUT2D eigenvalue weighted by molar-refractivity contribution is 0.0600. The summed E-state index contributed by atoms with van der Waals surface area (Å²) in [7, 11) is 1.37. The second kappa shape index (κ2) is 7.15. The molecule has 28 heavy (non-hydrogen) atoms. The van der Waals surface area contributed by atoms with Crippen molar-refractivity contribution in [3.63, 3.8) is 0 Å². The number of nitrogens with two attached hydrogens (primary N) is 1. The molecule has 142 valence electrons. The number of hydrogen-bond acceptors (Lipinski definition) is 7. The molecule has 4 rings (SSSR count). The molecule has 0 aliphatic carbocycles. The molecule has 8 nitrogen and oxygen atoms in total. The number of methoxy groups -OCH3 is 1. The third-order valence-corrected chi connectivity index (χ3v) is 4.47. The maximum Gasteiger partial charge on any atom is 0.337 e. The van der Waals surface area contributed by atoms with Crippen LogP contribution in [0.3, 0.4) is 0 Å². The standard InChI is InChI=1S/C20H19N5O3/c1-12-3-8-16(28-12)17-15-11-22-25(18(15)24-20(21)23-17)10-9-13-4-6-14(7-5-13)19(26)27-2/h3-8,11H,9-10H2,1-2H3,(H2,21,23,24). The molecule has 0 amide bonds. The van der Waals surface area contributed by atoms with Gasteiger partial charge in [0.15, 0.2) is 11.4 Å². The van der Waals surface area contributed by atoms with Gasteiger partial charge in [-0.25, -0.2) is 14.5 Å². The zero-order valence-electron chi connectivity index (χ0n) is 15.5. The molecule has 3 heterocycles. The van der Waals surface area contributed by atoms with Crippen molar-refractivity contribution in [1.29, 1.82) is 0 Å². The first-order valence-corrected chi connectivity index (χ1v) is 8.78. The van der Waals surface area contributed by atoms with Crippen molar-refractivity contribution in [2.45, 2.75) is 19.9 Å². The van der Waals surface area contributed by atoms with Crippen LogP contribution in [0.15, 0.2) is 47.0 Å². The lowest BCUT2D eigenvalue weighted by Gasteiger charge is -2.06. The Morgan fingerprint density at radius 3 is 2.64 bits per heavy atom. The predicted octanol–water partition coefficient (Wildman–Crippen LogP) is 3.01. The molecule has 0 atom stereocenters. The number of nitrogens with zero attached hydrogens (tertiary/aromatic N) is 4. The van der Waals surface area contributed by atoms with Gasteiger partial charge < -0.3 is 14.9 Å². The van der Waals surface area contributed by atoms with E-state index in [9.17, 15) is 4.79 Å². The molecule has 0 saturated heterocycles. The molecular formula is C20H19N5O3. The Balaban J connectivity index is 1.60. The quantitative estimate of drug-likeness (QED) is 0.532. The number of carbonyl (C=O) groups is 1. The van der Waals surface area contributed by atoms with Gasteiger partial charge in [0, 0.05) is 6.54 Å². The van der Waals surface area contributed by atoms with Crippen molar-refractivity contribution < 1.29 is 13.9 Å². The zero-order valence-corrected chi connectivity index (χ0v) is 15.5. The van der Waals surface area contributed by atoms with Gasteiger partial charge in [-0.05, 0) is 43.2 Å². The summed E-state index contributed by atoms with van der Waals surface area (Å²) in [6.07, 6.45) is 2.44. The average Bonchev–Trinajstić information content (AvgIpc) is 3.31. The summed E-state index contributed by atoms with van der Waals surface area (Å²) in [4.78, 5) is 20.2. The van der Waals surface area contributed by atoms with Crippen LogP contribution >= 0.6 is 0 Å². The highest BCUT2D eigenvalue weighted by Gasteiger charge is 2.16. The molecule has 3 aromatic heterocycles. The Morgan fingerprint density at radius 1 is 1.18 bits per heavy atom. The molecule has 0 aliphatic rings. The largest absolute Gasteiger partial charge is 0.465 e. The molecule has 0 radical (unpaired) electrons. The second-order valence-corrected chi connectivity index (χ2v) is 6.38. The van der Waals surface area contributed by atoms with E-state index in [1.807, 2.05) is 31.2 Å². The van der Waals surface area contributed by atoms with Gasteiger partial charge in [0.1, 0.15) is 11.5 Å². The van der Waals surface area contributed by atoms with Crippen LogP contribution in [0.5, 0.6) is 0 Å². The van der Waals surface area contributed by atoms with Crippen molar-refractivity contribution in [3.8, 4) is 11.5 Å². The van der Waals surface area contributed by atoms with E-state index in [2.05, 4.69) is 15.1 Å². The van der Waals surface area contributed by atoms with Gasteiger partial charge in [0.25, 0.3) is 0 Å². The van der Waals surface area contributed by atoms with Gasteiger partial charge >= 0.3 is 5.97 Å². The van der Waals surface area contributed by atoms with E-state index in [1.165, 1.54) is 7.11 Å². The molecule has 0 unspecified atom stereocenters. The van der Waals surface area contributed by atoms with Gasteiger partial charge in [0.05, 0.1) is 24.3 Å². The summed E-state index contributed by atoms with van der Waals surface area (Å²) >= 11 is 0. The fourth-order valence-electron chi connectivity index (χ4n) is 3.05. The van der Waals surface area contributed by atoms with Gasteiger partial charge in [-0.15, -0.1) is 0 Å². The van der Waals surface area contributed by atoms with Gasteiger partial charge in [-0.1, -0.05) is 12.1 Å². The summed E-state index contributed by atoms with van der Waals surface area (Å²) in [5, 5.41) is 5.23. The minimum absolute atomic E-state index is 0.167. The number of fused-ring (bicyclic) bond motifs is 1. The van der Waals surface area contributed by atoms with Crippen LogP contribution in [0.1, 0.15) is 21.7 Å². The predicted molar refractivity (Wildman–Crippen MR) is 104 cm³/mol. The van der Waals surface area contributed by atoms with Crippen LogP contribution in [-0.2, 0) is 17.7 Å². The number of esters is 1. The van der Waals surface area contributed by atoms with Gasteiger partial charge in [-0.2, -0.15) is 10.1 Å². The van der Waals surface area contributed by atoms with E-state index < -0.39 is 0 Å². The molecule has 0 saturated carbocycles. The van der Waals surface area contributed by atoms with Crippen LogP contribution in [0.4, 0.5) is 5.95 Å². The van der Waals surface area contributed by atoms with Crippen molar-refractivity contribution >= 4 is 23.0 Å². The molecule has 4 aromatic rings. The zero-order chi connectivity index (χ0) is 19.7. The molecule has 2 N–H and O–H groups in total. The topological polar surface area (TPSA) is 109 Å². The Labute approximate surface area is 161 Å². The molecule has 8 heteroatoms. The highest BCUT2D eigenvalue weighted by Crippen LogP contribution is 2.28. The van der Waals surface area contributed by atoms with E-state index in [4.69, 9.17) is 14.9 Å². The minimum Gasteiger partial charge on any atom is -0.465 e. The Morgan fingerprint density at radius 2 is 1.96 bits per heavy atom. The number of aryl methyl sites for hydroxylation is 3. The summed E-state index contributed by atoms with van der Waals surface area (Å²) in [6, 6.07) is 11.0. The lowest BCUT2D eigenvalue weighted by atomic mass is 10.1. The molecule has 0 aliphatic heterocycles. The third kappa shape index (κ3) is 3.32. The number of rotatable bonds is 5. The second-order valence-electron chi connectivity index (χ2n) is 6.38. The first-order valence-electron chi connectivity index (χ1n) is 8.78. The van der Waals surface area contributed by atoms with E-state index in [1.54, 1.807) is 23.0 Å². The van der Waals surface area contributed by atoms with Crippen LogP contribution in [0, 0.1) is 6.92 Å². The van der Waals surface area contributed by atoms with Crippen molar-refractivity contribution in [3.05, 3.63) is 59.5 Å². The van der Waals surface area contributed by atoms with Crippen LogP contribution < -0.4 is 5.73 Å². The SMILES string of the molecule is COC(=O)c1ccc(CCn2ncc3c(-c4ccc(C)o4)nc(N)nc32)cc1. The lowest BCUT2D eigenvalue weighted by Crippen LogP contribution is -2.06. The normalized spacial score (nSPS) is 11.1. The van der Waals surface area contributed by atoms with E-state index in [0.29, 0.717) is 29.2 Å². The monoisotopic (exact) mass is 377 g/mol. The smallest absolute Gasteiger partial charge is 0.337 e. The molecular weight excluding hydrogens is 358 g/mol. The number of aromatic nitrogens is 4. The summed E-state index contributed by atoms with van der Waals surface area (Å²) in [6.45, 7) is 2.48. The number of carbonyl (C=O) groups excluding carboxylic acids is 1. The highest BCUT2D eigenvalue weighted by atomic mass is 16.5. The number of nitrogen functional groups attached to an aromatic ring is 1. The van der Waals surface area contributed by atoms with Gasteiger partial charge in [0.2, 0.25) is 5.95 Å². The maximum atomic E-state index is 11.5. The minimum atomic E-state index is -0.350. The number of hydrogen-bond donors (Lipinski definition) is 1. The summed E-state index contributed by atoms with van der Waals surface area (Å²) in [5.41, 5.74) is 8.79. The van der Waals surface area contributed by atoms with E-state index >= 15 is 0 Å². The number of anilines is 1. The Hall–Kier alpha value is -3.68. The third-order valence-electron chi connectivity index (χ3n) is 4.47. The van der Waals surface area contributed by atoms with Crippen LogP contribution in [0.2, 0.25) is 0 Å². The number of ether oxygens (including phenoxy) is 1. The summed E-state index contributed by atoms with van der Waals surface area (Å²) < 4.78 is 12.2. The molecule has 0 bridgehead atoms. The van der Waals surface area contributed by atoms with Crippen molar-refractivity contribution in [2.24, 2.45) is 0 Å². The number of furan rings is 1. The Kier molecular flexibility index (Phi) is 4.52. The fourth-order valence-corrected chi connectivity index (χ4v) is 3.05. The van der Waals surface area contributed by atoms with Crippen LogP contribution in [0.25, 0.3) is 22.5 Å². The van der Waals surface area contributed by atoms with Crippen molar-refractivity contribution in [1.82, 2.24) is 19.7 Å². The first kappa shape index (κ1) is 17.7. The number of benzene rings is 1. The van der Waals surface area contributed by atoms with E-state index in [0.717, 1.165) is 23.1 Å². The molecule has 0 spiro atoms. The maximum absolute atomic E-state index is 11.5. The molecule has 1 aromatic carbocycles. The van der Waals surface area contributed by atoms with Crippen LogP contribution in [-0.4, -0.2) is 32.8 Å². The van der Waals surface area contributed by atoms with Crippen molar-refractivity contribution in [2.75, 3.05) is 12.8 Å². The van der Waals surface area contributed by atoms with Gasteiger partial charge in [-0.3, -0.25) is 0 Å².